The van der Waals surface area contributed by atoms with Crippen molar-refractivity contribution in [3.63, 3.8) is 0 Å². The molecule has 1 unspecified atom stereocenters. The van der Waals surface area contributed by atoms with Crippen LogP contribution in [0.2, 0.25) is 5.02 Å². The maximum atomic E-state index is 12.6. The summed E-state index contributed by atoms with van der Waals surface area (Å²) in [7, 11) is 0. The fraction of sp³-hybridized carbons (Fsp3) is 0.318. The summed E-state index contributed by atoms with van der Waals surface area (Å²) in [5, 5.41) is 10.3. The second kappa shape index (κ2) is 8.75. The number of halogens is 1. The predicted octanol–water partition coefficient (Wildman–Crippen LogP) is 3.80. The van der Waals surface area contributed by atoms with E-state index in [0.717, 1.165) is 18.4 Å². The molecule has 30 heavy (non-hydrogen) atoms. The maximum absolute atomic E-state index is 12.6. The lowest BCUT2D eigenvalue weighted by Crippen LogP contribution is -2.53. The molecule has 2 N–H and O–H groups in total. The second-order valence-electron chi connectivity index (χ2n) is 7.62. The summed E-state index contributed by atoms with van der Waals surface area (Å²) in [6, 6.07) is 16.6. The Hall–Kier alpha value is -3.06. The molecule has 0 bridgehead atoms. The minimum absolute atomic E-state index is 0.140. The molecule has 1 atom stereocenters. The Labute approximate surface area is 180 Å². The number of anilines is 1. The number of rotatable bonds is 4. The third kappa shape index (κ3) is 4.74. The highest BCUT2D eigenvalue weighted by atomic mass is 35.5. The lowest BCUT2D eigenvalue weighted by molar-refractivity contribution is -0.110. The highest BCUT2D eigenvalue weighted by molar-refractivity contribution is 6.43. The van der Waals surface area contributed by atoms with Crippen molar-refractivity contribution in [1.29, 1.82) is 0 Å². The van der Waals surface area contributed by atoms with E-state index in [9.17, 15) is 9.59 Å². The number of hydrogen-bond donors (Lipinski definition) is 2. The van der Waals surface area contributed by atoms with Crippen LogP contribution in [0.15, 0.2) is 59.8 Å². The van der Waals surface area contributed by atoms with Crippen molar-refractivity contribution in [2.45, 2.75) is 31.4 Å². The van der Waals surface area contributed by atoms with Gasteiger partial charge in [0.2, 0.25) is 0 Å². The van der Waals surface area contributed by atoms with Crippen molar-refractivity contribution in [3.05, 3.63) is 65.2 Å². The Morgan fingerprint density at radius 3 is 2.80 bits per heavy atom. The number of nitrogens with zero attached hydrogens (tertiary/aromatic N) is 2. The van der Waals surface area contributed by atoms with Crippen LogP contribution < -0.4 is 10.6 Å². The van der Waals surface area contributed by atoms with Gasteiger partial charge in [0.1, 0.15) is 5.71 Å². The Balaban J connectivity index is 1.33. The standard InChI is InChI=1S/C22H23ClN4O3/c23-17-8-4-9-18(12-17)25-20(28)19-13-22(30-26-19)10-5-11-27(15-22)21(29)24-14-16-6-2-1-3-7-16/h1-4,6-9,12H,5,10-11,13-15H2,(H,24,29)(H,25,28). The third-order valence-electron chi connectivity index (χ3n) is 5.30. The Bertz CT molecular complexity index is 966. The summed E-state index contributed by atoms with van der Waals surface area (Å²) in [6.07, 6.45) is 1.90. The largest absolute Gasteiger partial charge is 0.386 e. The first-order valence-electron chi connectivity index (χ1n) is 9.92. The molecule has 8 heteroatoms. The van der Waals surface area contributed by atoms with Crippen LogP contribution in [0.3, 0.4) is 0 Å². The van der Waals surface area contributed by atoms with Crippen molar-refractivity contribution in [1.82, 2.24) is 10.2 Å². The minimum atomic E-state index is -0.649. The number of amides is 3. The zero-order valence-electron chi connectivity index (χ0n) is 16.4. The lowest BCUT2D eigenvalue weighted by Gasteiger charge is -2.38. The van der Waals surface area contributed by atoms with Gasteiger partial charge in [-0.2, -0.15) is 0 Å². The molecule has 0 saturated carbocycles. The first-order valence-corrected chi connectivity index (χ1v) is 10.3. The fourth-order valence-electron chi connectivity index (χ4n) is 3.79. The van der Waals surface area contributed by atoms with Crippen LogP contribution >= 0.6 is 11.6 Å². The topological polar surface area (TPSA) is 83.0 Å². The third-order valence-corrected chi connectivity index (χ3v) is 5.53. The number of oxime groups is 1. The average molecular weight is 427 g/mol. The highest BCUT2D eigenvalue weighted by Crippen LogP contribution is 2.33. The monoisotopic (exact) mass is 426 g/mol. The van der Waals surface area contributed by atoms with Crippen molar-refractivity contribution in [2.75, 3.05) is 18.4 Å². The van der Waals surface area contributed by atoms with Gasteiger partial charge >= 0.3 is 6.03 Å². The van der Waals surface area contributed by atoms with Gasteiger partial charge in [0, 0.05) is 30.2 Å². The van der Waals surface area contributed by atoms with Crippen molar-refractivity contribution in [2.24, 2.45) is 5.16 Å². The molecule has 1 saturated heterocycles. The molecule has 0 aliphatic carbocycles. The molecule has 3 amide bonds. The van der Waals surface area contributed by atoms with Gasteiger partial charge in [-0.25, -0.2) is 4.79 Å². The summed E-state index contributed by atoms with van der Waals surface area (Å²) in [5.74, 6) is -0.320. The van der Waals surface area contributed by atoms with E-state index in [0.29, 0.717) is 42.5 Å². The smallest absolute Gasteiger partial charge is 0.317 e. The van der Waals surface area contributed by atoms with Gasteiger partial charge in [-0.15, -0.1) is 0 Å². The first kappa shape index (κ1) is 20.2. The lowest BCUT2D eigenvalue weighted by atomic mass is 9.88. The van der Waals surface area contributed by atoms with Crippen LogP contribution in [-0.2, 0) is 16.2 Å². The number of carbonyl (C=O) groups excluding carboxylic acids is 2. The van der Waals surface area contributed by atoms with Crippen molar-refractivity contribution < 1.29 is 14.4 Å². The Morgan fingerprint density at radius 2 is 2.00 bits per heavy atom. The van der Waals surface area contributed by atoms with E-state index in [1.807, 2.05) is 30.3 Å². The van der Waals surface area contributed by atoms with Crippen LogP contribution in [0.4, 0.5) is 10.5 Å². The second-order valence-corrected chi connectivity index (χ2v) is 8.06. The molecule has 2 aliphatic heterocycles. The number of piperidine rings is 1. The van der Waals surface area contributed by atoms with E-state index in [1.54, 1.807) is 29.2 Å². The zero-order valence-corrected chi connectivity index (χ0v) is 17.2. The zero-order chi connectivity index (χ0) is 21.0. The summed E-state index contributed by atoms with van der Waals surface area (Å²) in [4.78, 5) is 32.6. The molecular weight excluding hydrogens is 404 g/mol. The Kier molecular flexibility index (Phi) is 5.90. The molecule has 4 rings (SSSR count). The molecular formula is C22H23ClN4O3. The predicted molar refractivity (Wildman–Crippen MR) is 115 cm³/mol. The summed E-state index contributed by atoms with van der Waals surface area (Å²) < 4.78 is 0. The highest BCUT2D eigenvalue weighted by Gasteiger charge is 2.45. The van der Waals surface area contributed by atoms with Gasteiger partial charge in [-0.3, -0.25) is 4.79 Å². The first-order chi connectivity index (χ1) is 14.5. The average Bonchev–Trinajstić information content (AvgIpc) is 3.16. The quantitative estimate of drug-likeness (QED) is 0.780. The minimum Gasteiger partial charge on any atom is -0.386 e. The number of carbonyl (C=O) groups is 2. The Morgan fingerprint density at radius 1 is 1.17 bits per heavy atom. The summed E-state index contributed by atoms with van der Waals surface area (Å²) in [5.41, 5.74) is 1.31. The normalized spacial score (nSPS) is 20.4. The van der Waals surface area contributed by atoms with Crippen LogP contribution in [0.5, 0.6) is 0 Å². The number of urea groups is 1. The maximum Gasteiger partial charge on any atom is 0.317 e. The van der Waals surface area contributed by atoms with Crippen molar-refractivity contribution >= 4 is 34.9 Å². The molecule has 156 valence electrons. The molecule has 2 aliphatic rings. The van der Waals surface area contributed by atoms with Gasteiger partial charge in [0.05, 0.1) is 6.54 Å². The van der Waals surface area contributed by atoms with E-state index < -0.39 is 5.60 Å². The molecule has 2 aromatic carbocycles. The summed E-state index contributed by atoms with van der Waals surface area (Å²) >= 11 is 5.97. The van der Waals surface area contributed by atoms with Gasteiger partial charge in [0.25, 0.3) is 5.91 Å². The molecule has 1 spiro atoms. The van der Waals surface area contributed by atoms with Crippen molar-refractivity contribution in [3.8, 4) is 0 Å². The number of likely N-dealkylation sites (tertiary alicyclic amines) is 1. The van der Waals surface area contributed by atoms with Gasteiger partial charge in [-0.1, -0.05) is 53.2 Å². The number of nitrogens with one attached hydrogen (secondary N) is 2. The van der Waals surface area contributed by atoms with E-state index in [-0.39, 0.29) is 11.9 Å². The van der Waals surface area contributed by atoms with E-state index in [2.05, 4.69) is 15.8 Å². The number of benzene rings is 2. The fourth-order valence-corrected chi connectivity index (χ4v) is 3.98. The molecule has 2 aromatic rings. The molecule has 0 radical (unpaired) electrons. The van der Waals surface area contributed by atoms with Crippen LogP contribution in [0, 0.1) is 0 Å². The molecule has 1 fully saturated rings. The van der Waals surface area contributed by atoms with E-state index >= 15 is 0 Å². The molecule has 0 aromatic heterocycles. The van der Waals surface area contributed by atoms with Crippen LogP contribution in [0.1, 0.15) is 24.8 Å². The van der Waals surface area contributed by atoms with Gasteiger partial charge < -0.3 is 20.4 Å². The van der Waals surface area contributed by atoms with Crippen LogP contribution in [-0.4, -0.2) is 41.2 Å². The SMILES string of the molecule is O=C(Nc1cccc(Cl)c1)C1=NOC2(CCCN(C(=O)NCc3ccccc3)C2)C1. The number of hydrogen-bond acceptors (Lipinski definition) is 4. The van der Waals surface area contributed by atoms with Gasteiger partial charge in [0.15, 0.2) is 5.60 Å². The van der Waals surface area contributed by atoms with Crippen LogP contribution in [0.25, 0.3) is 0 Å². The van der Waals surface area contributed by atoms with E-state index in [1.165, 1.54) is 0 Å². The molecule has 7 nitrogen and oxygen atoms in total. The van der Waals surface area contributed by atoms with E-state index in [4.69, 9.17) is 16.4 Å². The molecule has 2 heterocycles. The van der Waals surface area contributed by atoms with Gasteiger partial charge in [-0.05, 0) is 36.6 Å². The summed E-state index contributed by atoms with van der Waals surface area (Å²) in [6.45, 7) is 1.51.